The number of methoxy groups -OCH3 is 1. The third kappa shape index (κ3) is 4.52. The van der Waals surface area contributed by atoms with Crippen molar-refractivity contribution < 1.29 is 17.9 Å². The minimum Gasteiger partial charge on any atom is -0.495 e. The topological polar surface area (TPSA) is 59.1 Å². The van der Waals surface area contributed by atoms with Gasteiger partial charge in [0.1, 0.15) is 17.2 Å². The molecule has 7 heteroatoms. The summed E-state index contributed by atoms with van der Waals surface area (Å²) < 4.78 is 39.1. The Morgan fingerprint density at radius 1 is 0.774 bits per heavy atom. The van der Waals surface area contributed by atoms with Crippen molar-refractivity contribution in [1.82, 2.24) is 4.31 Å². The van der Waals surface area contributed by atoms with Gasteiger partial charge in [-0.3, -0.25) is 0 Å². The van der Waals surface area contributed by atoms with Crippen LogP contribution in [0.5, 0.6) is 17.2 Å². The van der Waals surface area contributed by atoms with E-state index in [4.69, 9.17) is 9.47 Å². The maximum absolute atomic E-state index is 13.1. The normalized spacial score (nSPS) is 15.0. The quantitative estimate of drug-likeness (QED) is 0.574. The van der Waals surface area contributed by atoms with Gasteiger partial charge < -0.3 is 14.4 Å². The summed E-state index contributed by atoms with van der Waals surface area (Å²) in [7, 11) is -1.92. The summed E-state index contributed by atoms with van der Waals surface area (Å²) in [5.41, 5.74) is 2.01. The van der Waals surface area contributed by atoms with Gasteiger partial charge in [-0.1, -0.05) is 30.3 Å². The van der Waals surface area contributed by atoms with Crippen LogP contribution < -0.4 is 14.4 Å². The zero-order valence-corrected chi connectivity index (χ0v) is 18.5. The second-order valence-corrected chi connectivity index (χ2v) is 9.34. The molecule has 3 aromatic carbocycles. The molecule has 0 atom stereocenters. The molecule has 1 fully saturated rings. The van der Waals surface area contributed by atoms with Gasteiger partial charge in [-0.2, -0.15) is 4.31 Å². The zero-order chi connectivity index (χ0) is 21.8. The van der Waals surface area contributed by atoms with Crippen molar-refractivity contribution in [3.05, 3.63) is 78.4 Å². The molecular formula is C24H26N2O4S. The van der Waals surface area contributed by atoms with Gasteiger partial charge in [0.05, 0.1) is 17.7 Å². The van der Waals surface area contributed by atoms with E-state index in [1.165, 1.54) is 4.31 Å². The Bertz CT molecular complexity index is 1140. The number of ether oxygens (including phenoxy) is 2. The van der Waals surface area contributed by atoms with Crippen molar-refractivity contribution in [2.45, 2.75) is 11.8 Å². The van der Waals surface area contributed by atoms with E-state index in [1.54, 1.807) is 31.4 Å². The molecule has 1 saturated heterocycles. The van der Waals surface area contributed by atoms with Crippen molar-refractivity contribution in [3.8, 4) is 17.2 Å². The van der Waals surface area contributed by atoms with E-state index in [2.05, 4.69) is 4.90 Å². The summed E-state index contributed by atoms with van der Waals surface area (Å²) in [6.45, 7) is 4.02. The lowest BCUT2D eigenvalue weighted by Crippen LogP contribution is -2.48. The van der Waals surface area contributed by atoms with Crippen LogP contribution in [0.3, 0.4) is 0 Å². The number of hydrogen-bond acceptors (Lipinski definition) is 5. The van der Waals surface area contributed by atoms with Gasteiger partial charge in [0, 0.05) is 26.2 Å². The molecular weight excluding hydrogens is 412 g/mol. The largest absolute Gasteiger partial charge is 0.495 e. The first-order valence-corrected chi connectivity index (χ1v) is 11.6. The Balaban J connectivity index is 1.44. The Labute approximate surface area is 183 Å². The fourth-order valence-electron chi connectivity index (χ4n) is 3.69. The average molecular weight is 439 g/mol. The van der Waals surface area contributed by atoms with Crippen LogP contribution in [-0.2, 0) is 10.0 Å². The van der Waals surface area contributed by atoms with Crippen LogP contribution in [0.15, 0.2) is 77.7 Å². The molecule has 3 aromatic rings. The monoisotopic (exact) mass is 438 g/mol. The van der Waals surface area contributed by atoms with Crippen molar-refractivity contribution in [2.75, 3.05) is 38.2 Å². The lowest BCUT2D eigenvalue weighted by atomic mass is 10.2. The fraction of sp³-hybridized carbons (Fsp3) is 0.250. The summed E-state index contributed by atoms with van der Waals surface area (Å²) >= 11 is 0. The maximum atomic E-state index is 13.1. The number of rotatable bonds is 6. The number of nitrogens with zero attached hydrogens (tertiary/aromatic N) is 2. The van der Waals surface area contributed by atoms with E-state index in [-0.39, 0.29) is 4.90 Å². The summed E-state index contributed by atoms with van der Waals surface area (Å²) in [6.07, 6.45) is 0. The molecule has 0 aromatic heterocycles. The maximum Gasteiger partial charge on any atom is 0.243 e. The molecule has 0 aliphatic carbocycles. The molecule has 0 radical (unpaired) electrons. The van der Waals surface area contributed by atoms with Crippen LogP contribution in [-0.4, -0.2) is 46.0 Å². The Morgan fingerprint density at radius 3 is 2.03 bits per heavy atom. The van der Waals surface area contributed by atoms with E-state index in [9.17, 15) is 8.42 Å². The van der Waals surface area contributed by atoms with Crippen LogP contribution in [0, 0.1) is 6.92 Å². The lowest BCUT2D eigenvalue weighted by Gasteiger charge is -2.35. The highest BCUT2D eigenvalue weighted by molar-refractivity contribution is 7.89. The molecule has 0 amide bonds. The molecule has 4 rings (SSSR count). The number of benzene rings is 3. The summed E-state index contributed by atoms with van der Waals surface area (Å²) in [6, 6.07) is 22.1. The van der Waals surface area contributed by atoms with Crippen LogP contribution in [0.1, 0.15) is 5.56 Å². The first-order chi connectivity index (χ1) is 15.0. The molecule has 1 heterocycles. The van der Waals surface area contributed by atoms with E-state index in [1.807, 2.05) is 55.5 Å². The Morgan fingerprint density at radius 2 is 1.39 bits per heavy atom. The zero-order valence-electron chi connectivity index (χ0n) is 17.7. The summed E-state index contributed by atoms with van der Waals surface area (Å²) in [4.78, 5) is 2.43. The molecule has 0 N–H and O–H groups in total. The highest BCUT2D eigenvalue weighted by Gasteiger charge is 2.29. The second kappa shape index (κ2) is 8.99. The molecule has 0 bridgehead atoms. The molecule has 0 spiro atoms. The van der Waals surface area contributed by atoms with Gasteiger partial charge >= 0.3 is 0 Å². The second-order valence-electron chi connectivity index (χ2n) is 7.40. The van der Waals surface area contributed by atoms with Crippen LogP contribution in [0.25, 0.3) is 0 Å². The third-order valence-corrected chi connectivity index (χ3v) is 7.36. The number of sulfonamides is 1. The van der Waals surface area contributed by atoms with Gasteiger partial charge in [-0.05, 0) is 55.0 Å². The van der Waals surface area contributed by atoms with E-state index in [0.29, 0.717) is 31.9 Å². The number of anilines is 1. The molecule has 31 heavy (non-hydrogen) atoms. The average Bonchev–Trinajstić information content (AvgIpc) is 2.81. The summed E-state index contributed by atoms with van der Waals surface area (Å²) in [5.74, 6) is 2.16. The van der Waals surface area contributed by atoms with Crippen LogP contribution in [0.2, 0.25) is 0 Å². The number of aryl methyl sites for hydroxylation is 1. The van der Waals surface area contributed by atoms with Gasteiger partial charge in [0.2, 0.25) is 10.0 Å². The minimum absolute atomic E-state index is 0.273. The SMILES string of the molecule is COc1ccccc1N1CCN(S(=O)(=O)c2ccc(Oc3ccccc3C)cc2)CC1. The van der Waals surface area contributed by atoms with Crippen molar-refractivity contribution in [2.24, 2.45) is 0 Å². The first-order valence-electron chi connectivity index (χ1n) is 10.2. The van der Waals surface area contributed by atoms with Crippen molar-refractivity contribution >= 4 is 15.7 Å². The molecule has 6 nitrogen and oxygen atoms in total. The minimum atomic E-state index is -3.56. The van der Waals surface area contributed by atoms with Crippen molar-refractivity contribution in [1.29, 1.82) is 0 Å². The van der Waals surface area contributed by atoms with Crippen LogP contribution >= 0.6 is 0 Å². The first kappa shape index (κ1) is 21.2. The highest BCUT2D eigenvalue weighted by atomic mass is 32.2. The van der Waals surface area contributed by atoms with E-state index in [0.717, 1.165) is 22.7 Å². The van der Waals surface area contributed by atoms with Crippen molar-refractivity contribution in [3.63, 3.8) is 0 Å². The standard InChI is InChI=1S/C24H26N2O4S/c1-19-7-3-5-9-23(19)30-20-11-13-21(14-12-20)31(27,28)26-17-15-25(16-18-26)22-8-4-6-10-24(22)29-2/h3-14H,15-18H2,1-2H3. The van der Waals surface area contributed by atoms with Gasteiger partial charge in [-0.15, -0.1) is 0 Å². The number of hydrogen-bond donors (Lipinski definition) is 0. The van der Waals surface area contributed by atoms with E-state index < -0.39 is 10.0 Å². The van der Waals surface area contributed by atoms with Gasteiger partial charge in [0.15, 0.2) is 0 Å². The third-order valence-electron chi connectivity index (χ3n) is 5.45. The molecule has 0 unspecified atom stereocenters. The molecule has 1 aliphatic heterocycles. The molecule has 0 saturated carbocycles. The van der Waals surface area contributed by atoms with Crippen LogP contribution in [0.4, 0.5) is 5.69 Å². The summed E-state index contributed by atoms with van der Waals surface area (Å²) in [5, 5.41) is 0. The smallest absolute Gasteiger partial charge is 0.243 e. The number of para-hydroxylation sites is 3. The number of piperazine rings is 1. The molecule has 162 valence electrons. The highest BCUT2D eigenvalue weighted by Crippen LogP contribution is 2.30. The Kier molecular flexibility index (Phi) is 6.15. The predicted molar refractivity (Wildman–Crippen MR) is 122 cm³/mol. The lowest BCUT2D eigenvalue weighted by molar-refractivity contribution is 0.378. The fourth-order valence-corrected chi connectivity index (χ4v) is 5.11. The Hall–Kier alpha value is -3.03. The van der Waals surface area contributed by atoms with Gasteiger partial charge in [-0.25, -0.2) is 8.42 Å². The molecule has 1 aliphatic rings. The van der Waals surface area contributed by atoms with Gasteiger partial charge in [0.25, 0.3) is 0 Å². The predicted octanol–water partition coefficient (Wildman–Crippen LogP) is 4.31. The van der Waals surface area contributed by atoms with E-state index >= 15 is 0 Å².